The van der Waals surface area contributed by atoms with Gasteiger partial charge in [-0.1, -0.05) is 41.9 Å². The van der Waals surface area contributed by atoms with E-state index in [2.05, 4.69) is 29.6 Å². The summed E-state index contributed by atoms with van der Waals surface area (Å²) in [7, 11) is 3.20. The Balaban J connectivity index is 1.90. The molecule has 1 N–H and O–H groups in total. The molecule has 0 fully saturated rings. The zero-order chi connectivity index (χ0) is 15.1. The zero-order valence-electron chi connectivity index (χ0n) is 12.4. The van der Waals surface area contributed by atoms with Crippen LogP contribution in [-0.4, -0.2) is 20.8 Å². The summed E-state index contributed by atoms with van der Waals surface area (Å²) >= 11 is 6.19. The zero-order valence-corrected chi connectivity index (χ0v) is 13.1. The Kier molecular flexibility index (Phi) is 5.90. The Morgan fingerprint density at radius 1 is 1.00 bits per heavy atom. The third-order valence-electron chi connectivity index (χ3n) is 3.26. The van der Waals surface area contributed by atoms with Gasteiger partial charge in [0.05, 0.1) is 19.2 Å². The van der Waals surface area contributed by atoms with Crippen LogP contribution in [0.5, 0.6) is 11.5 Å². The SMILES string of the molecule is COc1cc(CNCCc2ccccc2)cc(Cl)c1OC. The molecule has 0 saturated carbocycles. The second kappa shape index (κ2) is 7.91. The van der Waals surface area contributed by atoms with Crippen molar-refractivity contribution >= 4 is 11.6 Å². The van der Waals surface area contributed by atoms with E-state index in [0.29, 0.717) is 16.5 Å². The molecule has 0 aliphatic heterocycles. The highest BCUT2D eigenvalue weighted by Gasteiger charge is 2.10. The van der Waals surface area contributed by atoms with Crippen molar-refractivity contribution in [2.75, 3.05) is 20.8 Å². The van der Waals surface area contributed by atoms with Crippen LogP contribution in [0.3, 0.4) is 0 Å². The summed E-state index contributed by atoms with van der Waals surface area (Å²) in [4.78, 5) is 0. The first-order valence-electron chi connectivity index (χ1n) is 6.89. The lowest BCUT2D eigenvalue weighted by Crippen LogP contribution is -2.16. The maximum absolute atomic E-state index is 6.19. The smallest absolute Gasteiger partial charge is 0.179 e. The molecule has 0 saturated heterocycles. The second-order valence-corrected chi connectivity index (χ2v) is 5.13. The van der Waals surface area contributed by atoms with Gasteiger partial charge < -0.3 is 14.8 Å². The lowest BCUT2D eigenvalue weighted by Gasteiger charge is -2.12. The van der Waals surface area contributed by atoms with Gasteiger partial charge in [0.25, 0.3) is 0 Å². The van der Waals surface area contributed by atoms with Crippen LogP contribution in [-0.2, 0) is 13.0 Å². The van der Waals surface area contributed by atoms with Crippen molar-refractivity contribution in [3.63, 3.8) is 0 Å². The first-order chi connectivity index (χ1) is 10.2. The molecule has 2 aromatic carbocycles. The van der Waals surface area contributed by atoms with Gasteiger partial charge in [-0.25, -0.2) is 0 Å². The monoisotopic (exact) mass is 305 g/mol. The Morgan fingerprint density at radius 2 is 1.76 bits per heavy atom. The Labute approximate surface area is 130 Å². The van der Waals surface area contributed by atoms with Crippen LogP contribution < -0.4 is 14.8 Å². The fourth-order valence-corrected chi connectivity index (χ4v) is 2.49. The normalized spacial score (nSPS) is 10.4. The standard InChI is InChI=1S/C17H20ClNO2/c1-20-16-11-14(10-15(18)17(16)21-2)12-19-9-8-13-6-4-3-5-7-13/h3-7,10-11,19H,8-9,12H2,1-2H3. The van der Waals surface area contributed by atoms with Gasteiger partial charge in [0.1, 0.15) is 0 Å². The molecule has 0 aliphatic carbocycles. The largest absolute Gasteiger partial charge is 0.493 e. The predicted octanol–water partition coefficient (Wildman–Crippen LogP) is 3.69. The molecular weight excluding hydrogens is 286 g/mol. The Morgan fingerprint density at radius 3 is 2.43 bits per heavy atom. The molecule has 0 aromatic heterocycles. The lowest BCUT2D eigenvalue weighted by molar-refractivity contribution is 0.354. The van der Waals surface area contributed by atoms with Gasteiger partial charge in [0, 0.05) is 6.54 Å². The highest BCUT2D eigenvalue weighted by Crippen LogP contribution is 2.35. The van der Waals surface area contributed by atoms with Gasteiger partial charge in [-0.05, 0) is 36.2 Å². The van der Waals surface area contributed by atoms with Gasteiger partial charge in [-0.2, -0.15) is 0 Å². The van der Waals surface area contributed by atoms with Crippen molar-refractivity contribution in [2.24, 2.45) is 0 Å². The van der Waals surface area contributed by atoms with Crippen LogP contribution in [0.25, 0.3) is 0 Å². The van der Waals surface area contributed by atoms with E-state index in [1.54, 1.807) is 14.2 Å². The number of hydrogen-bond acceptors (Lipinski definition) is 3. The predicted molar refractivity (Wildman–Crippen MR) is 86.4 cm³/mol. The summed E-state index contributed by atoms with van der Waals surface area (Å²) in [6.45, 7) is 1.66. The van der Waals surface area contributed by atoms with Crippen LogP contribution in [0, 0.1) is 0 Å². The molecule has 0 amide bonds. The minimum Gasteiger partial charge on any atom is -0.493 e. The number of methoxy groups -OCH3 is 2. The van der Waals surface area contributed by atoms with E-state index in [1.165, 1.54) is 5.56 Å². The first kappa shape index (κ1) is 15.7. The van der Waals surface area contributed by atoms with Gasteiger partial charge in [-0.3, -0.25) is 0 Å². The topological polar surface area (TPSA) is 30.5 Å². The molecule has 0 heterocycles. The molecule has 0 atom stereocenters. The van der Waals surface area contributed by atoms with E-state index in [4.69, 9.17) is 21.1 Å². The van der Waals surface area contributed by atoms with Crippen molar-refractivity contribution in [3.8, 4) is 11.5 Å². The first-order valence-corrected chi connectivity index (χ1v) is 7.27. The molecule has 0 unspecified atom stereocenters. The summed E-state index contributed by atoms with van der Waals surface area (Å²) in [5.74, 6) is 1.23. The molecule has 2 rings (SSSR count). The number of hydrogen-bond donors (Lipinski definition) is 1. The van der Waals surface area contributed by atoms with E-state index >= 15 is 0 Å². The molecule has 2 aromatic rings. The van der Waals surface area contributed by atoms with Gasteiger partial charge in [-0.15, -0.1) is 0 Å². The van der Waals surface area contributed by atoms with E-state index < -0.39 is 0 Å². The second-order valence-electron chi connectivity index (χ2n) is 4.73. The molecule has 3 nitrogen and oxygen atoms in total. The van der Waals surface area contributed by atoms with Gasteiger partial charge in [0.2, 0.25) is 0 Å². The summed E-state index contributed by atoms with van der Waals surface area (Å²) < 4.78 is 10.5. The average molecular weight is 306 g/mol. The molecule has 0 radical (unpaired) electrons. The quantitative estimate of drug-likeness (QED) is 0.791. The van der Waals surface area contributed by atoms with Crippen molar-refractivity contribution < 1.29 is 9.47 Å². The minimum atomic E-state index is 0.566. The van der Waals surface area contributed by atoms with E-state index in [0.717, 1.165) is 25.1 Å². The summed E-state index contributed by atoms with van der Waals surface area (Å²) in [5, 5.41) is 3.98. The highest BCUT2D eigenvalue weighted by atomic mass is 35.5. The van der Waals surface area contributed by atoms with Crippen molar-refractivity contribution in [3.05, 3.63) is 58.6 Å². The molecule has 112 valence electrons. The fraction of sp³-hybridized carbons (Fsp3) is 0.294. The lowest BCUT2D eigenvalue weighted by atomic mass is 10.1. The molecule has 4 heteroatoms. The molecule has 21 heavy (non-hydrogen) atoms. The number of rotatable bonds is 7. The summed E-state index contributed by atoms with van der Waals surface area (Å²) in [5.41, 5.74) is 2.40. The molecule has 0 spiro atoms. The van der Waals surface area contributed by atoms with E-state index in [-0.39, 0.29) is 0 Å². The fourth-order valence-electron chi connectivity index (χ4n) is 2.18. The maximum Gasteiger partial charge on any atom is 0.179 e. The van der Waals surface area contributed by atoms with Crippen LogP contribution in [0.2, 0.25) is 5.02 Å². The van der Waals surface area contributed by atoms with Crippen molar-refractivity contribution in [1.82, 2.24) is 5.32 Å². The van der Waals surface area contributed by atoms with Crippen LogP contribution >= 0.6 is 11.6 Å². The number of halogens is 1. The Bertz CT molecular complexity index is 573. The van der Waals surface area contributed by atoms with E-state index in [9.17, 15) is 0 Å². The van der Waals surface area contributed by atoms with Crippen molar-refractivity contribution in [1.29, 1.82) is 0 Å². The highest BCUT2D eigenvalue weighted by molar-refractivity contribution is 6.32. The average Bonchev–Trinajstić information content (AvgIpc) is 2.52. The van der Waals surface area contributed by atoms with Gasteiger partial charge >= 0.3 is 0 Å². The third-order valence-corrected chi connectivity index (χ3v) is 3.54. The number of nitrogens with one attached hydrogen (secondary N) is 1. The number of benzene rings is 2. The molecule has 0 bridgehead atoms. The van der Waals surface area contributed by atoms with Crippen molar-refractivity contribution in [2.45, 2.75) is 13.0 Å². The van der Waals surface area contributed by atoms with E-state index in [1.807, 2.05) is 18.2 Å². The number of ether oxygens (including phenoxy) is 2. The maximum atomic E-state index is 6.19. The van der Waals surface area contributed by atoms with Crippen LogP contribution in [0.1, 0.15) is 11.1 Å². The molecule has 0 aliphatic rings. The summed E-state index contributed by atoms with van der Waals surface area (Å²) in [6.07, 6.45) is 1.00. The minimum absolute atomic E-state index is 0.566. The third kappa shape index (κ3) is 4.38. The van der Waals surface area contributed by atoms with Crippen LogP contribution in [0.15, 0.2) is 42.5 Å². The van der Waals surface area contributed by atoms with Crippen LogP contribution in [0.4, 0.5) is 0 Å². The summed E-state index contributed by atoms with van der Waals surface area (Å²) in [6, 6.07) is 14.3. The molecular formula is C17H20ClNO2. The Hall–Kier alpha value is -1.71. The van der Waals surface area contributed by atoms with Gasteiger partial charge in [0.15, 0.2) is 11.5 Å².